The second-order valence-electron chi connectivity index (χ2n) is 8.68. The lowest BCUT2D eigenvalue weighted by Gasteiger charge is -2.27. The Morgan fingerprint density at radius 3 is 2.72 bits per heavy atom. The van der Waals surface area contributed by atoms with Crippen molar-refractivity contribution in [3.63, 3.8) is 0 Å². The standard InChI is InChI=1S/C24H26ClN5O2/c1-2-7-17-21(25)23(32)30-19(26-17)11-12-20(28-30)29-15-6-10-18(29)22(31)27-24(13-14-24)16-8-4-3-5-9-16/h3-5,8-9,11-12,18H,2,6-7,10,13-15H2,1H3,(H,27,31). The van der Waals surface area contributed by atoms with Gasteiger partial charge in [-0.05, 0) is 49.8 Å². The average molecular weight is 452 g/mol. The maximum Gasteiger partial charge on any atom is 0.293 e. The van der Waals surface area contributed by atoms with E-state index in [1.807, 2.05) is 36.1 Å². The van der Waals surface area contributed by atoms with Crippen LogP contribution in [0.5, 0.6) is 0 Å². The maximum absolute atomic E-state index is 13.3. The molecule has 1 unspecified atom stereocenters. The zero-order valence-corrected chi connectivity index (χ0v) is 18.8. The molecule has 0 radical (unpaired) electrons. The molecule has 3 heterocycles. The molecule has 1 saturated carbocycles. The highest BCUT2D eigenvalue weighted by Crippen LogP contribution is 2.45. The second kappa shape index (κ2) is 8.20. The molecule has 5 rings (SSSR count). The van der Waals surface area contributed by atoms with Gasteiger partial charge in [-0.15, -0.1) is 5.10 Å². The van der Waals surface area contributed by atoms with Crippen LogP contribution in [0.3, 0.4) is 0 Å². The van der Waals surface area contributed by atoms with Crippen molar-refractivity contribution in [1.29, 1.82) is 0 Å². The molecule has 1 N–H and O–H groups in total. The fourth-order valence-corrected chi connectivity index (χ4v) is 4.82. The summed E-state index contributed by atoms with van der Waals surface area (Å²) in [5, 5.41) is 7.93. The van der Waals surface area contributed by atoms with E-state index in [1.165, 1.54) is 4.52 Å². The summed E-state index contributed by atoms with van der Waals surface area (Å²) in [6, 6.07) is 13.4. The minimum Gasteiger partial charge on any atom is -0.345 e. The monoisotopic (exact) mass is 451 g/mol. The lowest BCUT2D eigenvalue weighted by atomic mass is 10.0. The van der Waals surface area contributed by atoms with Crippen LogP contribution in [-0.2, 0) is 16.8 Å². The quantitative estimate of drug-likeness (QED) is 0.620. The highest BCUT2D eigenvalue weighted by Gasteiger charge is 2.47. The van der Waals surface area contributed by atoms with Crippen molar-refractivity contribution in [2.24, 2.45) is 0 Å². The number of aryl methyl sites for hydroxylation is 1. The summed E-state index contributed by atoms with van der Waals surface area (Å²) in [7, 11) is 0. The van der Waals surface area contributed by atoms with Gasteiger partial charge in [-0.25, -0.2) is 4.98 Å². The topological polar surface area (TPSA) is 79.6 Å². The van der Waals surface area contributed by atoms with E-state index >= 15 is 0 Å². The number of benzene rings is 1. The number of hydrogen-bond acceptors (Lipinski definition) is 5. The number of carbonyl (C=O) groups excluding carboxylic acids is 1. The number of rotatable bonds is 6. The Morgan fingerprint density at radius 2 is 2.00 bits per heavy atom. The second-order valence-corrected chi connectivity index (χ2v) is 9.06. The van der Waals surface area contributed by atoms with E-state index in [-0.39, 0.29) is 28.1 Å². The van der Waals surface area contributed by atoms with Crippen LogP contribution in [0.15, 0.2) is 47.3 Å². The Bertz CT molecular complexity index is 1220. The van der Waals surface area contributed by atoms with E-state index in [0.717, 1.165) is 37.7 Å². The van der Waals surface area contributed by atoms with Gasteiger partial charge in [-0.1, -0.05) is 55.3 Å². The van der Waals surface area contributed by atoms with E-state index in [2.05, 4.69) is 27.5 Å². The highest BCUT2D eigenvalue weighted by molar-refractivity contribution is 6.31. The fourth-order valence-electron chi connectivity index (χ4n) is 4.60. The summed E-state index contributed by atoms with van der Waals surface area (Å²) >= 11 is 6.27. The van der Waals surface area contributed by atoms with Gasteiger partial charge in [0.1, 0.15) is 16.9 Å². The van der Waals surface area contributed by atoms with Crippen molar-refractivity contribution in [3.05, 3.63) is 69.1 Å². The van der Waals surface area contributed by atoms with Crippen LogP contribution in [-0.4, -0.2) is 33.1 Å². The van der Waals surface area contributed by atoms with Crippen LogP contribution in [0.1, 0.15) is 50.3 Å². The zero-order chi connectivity index (χ0) is 22.3. The molecule has 8 heteroatoms. The van der Waals surface area contributed by atoms with E-state index < -0.39 is 0 Å². The Balaban J connectivity index is 1.42. The third kappa shape index (κ3) is 3.64. The number of nitrogens with zero attached hydrogens (tertiary/aromatic N) is 4. The lowest BCUT2D eigenvalue weighted by molar-refractivity contribution is -0.123. The molecule has 1 atom stereocenters. The van der Waals surface area contributed by atoms with E-state index in [9.17, 15) is 9.59 Å². The molecule has 32 heavy (non-hydrogen) atoms. The van der Waals surface area contributed by atoms with Crippen LogP contribution in [0.25, 0.3) is 5.65 Å². The van der Waals surface area contributed by atoms with Gasteiger partial charge in [-0.3, -0.25) is 9.59 Å². The molecule has 1 aliphatic carbocycles. The average Bonchev–Trinajstić information content (AvgIpc) is 3.42. The molecule has 166 valence electrons. The van der Waals surface area contributed by atoms with Gasteiger partial charge in [0.2, 0.25) is 5.91 Å². The van der Waals surface area contributed by atoms with Gasteiger partial charge in [0.25, 0.3) is 5.56 Å². The normalized spacial score (nSPS) is 19.3. The first kappa shape index (κ1) is 20.9. The molecule has 0 bridgehead atoms. The van der Waals surface area contributed by atoms with Gasteiger partial charge < -0.3 is 10.2 Å². The van der Waals surface area contributed by atoms with Gasteiger partial charge in [0.15, 0.2) is 5.65 Å². The zero-order valence-electron chi connectivity index (χ0n) is 18.1. The number of fused-ring (bicyclic) bond motifs is 1. The van der Waals surface area contributed by atoms with E-state index in [1.54, 1.807) is 6.07 Å². The molecule has 1 aliphatic heterocycles. The third-order valence-electron chi connectivity index (χ3n) is 6.46. The van der Waals surface area contributed by atoms with Crippen molar-refractivity contribution in [1.82, 2.24) is 19.9 Å². The number of aromatic nitrogens is 3. The van der Waals surface area contributed by atoms with Gasteiger partial charge in [0.05, 0.1) is 11.2 Å². The number of carbonyl (C=O) groups is 1. The Morgan fingerprint density at radius 1 is 1.22 bits per heavy atom. The smallest absolute Gasteiger partial charge is 0.293 e. The molecule has 2 aromatic heterocycles. The van der Waals surface area contributed by atoms with Crippen LogP contribution in [0, 0.1) is 0 Å². The van der Waals surface area contributed by atoms with E-state index in [0.29, 0.717) is 30.1 Å². The van der Waals surface area contributed by atoms with Crippen LogP contribution >= 0.6 is 11.6 Å². The predicted octanol–water partition coefficient (Wildman–Crippen LogP) is 3.47. The minimum absolute atomic E-state index is 0.00699. The number of hydrogen-bond donors (Lipinski definition) is 1. The molecule has 1 amide bonds. The summed E-state index contributed by atoms with van der Waals surface area (Å²) < 4.78 is 1.25. The predicted molar refractivity (Wildman–Crippen MR) is 124 cm³/mol. The minimum atomic E-state index is -0.372. The first-order valence-electron chi connectivity index (χ1n) is 11.2. The van der Waals surface area contributed by atoms with Gasteiger partial charge in [0, 0.05) is 6.54 Å². The van der Waals surface area contributed by atoms with Crippen LogP contribution < -0.4 is 15.8 Å². The summed E-state index contributed by atoms with van der Waals surface area (Å²) in [4.78, 5) is 32.6. The first-order chi connectivity index (χ1) is 15.5. The Hall–Kier alpha value is -2.93. The molecule has 2 fully saturated rings. The van der Waals surface area contributed by atoms with Crippen molar-refractivity contribution in [2.75, 3.05) is 11.4 Å². The summed E-state index contributed by atoms with van der Waals surface area (Å²) in [6.07, 6.45) is 5.03. The SMILES string of the molecule is CCCc1nc2ccc(N3CCCC3C(=O)NC3(c4ccccc4)CC3)nn2c(=O)c1Cl. The molecular weight excluding hydrogens is 426 g/mol. The number of halogens is 1. The summed E-state index contributed by atoms with van der Waals surface area (Å²) in [6.45, 7) is 2.72. The van der Waals surface area contributed by atoms with E-state index in [4.69, 9.17) is 11.6 Å². The van der Waals surface area contributed by atoms with Crippen molar-refractivity contribution in [3.8, 4) is 0 Å². The molecular formula is C24H26ClN5O2. The largest absolute Gasteiger partial charge is 0.345 e. The van der Waals surface area contributed by atoms with Crippen LogP contribution in [0.4, 0.5) is 5.82 Å². The van der Waals surface area contributed by atoms with Crippen LogP contribution in [0.2, 0.25) is 5.02 Å². The third-order valence-corrected chi connectivity index (χ3v) is 6.84. The molecule has 0 spiro atoms. The fraction of sp³-hybridized carbons (Fsp3) is 0.417. The Kier molecular flexibility index (Phi) is 5.37. The molecule has 2 aliphatic rings. The molecule has 3 aromatic rings. The maximum atomic E-state index is 13.3. The number of amides is 1. The Labute approximate surface area is 191 Å². The molecule has 1 saturated heterocycles. The van der Waals surface area contributed by atoms with Crippen molar-refractivity contribution >= 4 is 29.0 Å². The van der Waals surface area contributed by atoms with Gasteiger partial charge >= 0.3 is 0 Å². The number of nitrogens with one attached hydrogen (secondary N) is 1. The summed E-state index contributed by atoms with van der Waals surface area (Å²) in [5.74, 6) is 0.593. The number of anilines is 1. The van der Waals surface area contributed by atoms with Crippen molar-refractivity contribution < 1.29 is 4.79 Å². The summed E-state index contributed by atoms with van der Waals surface area (Å²) in [5.41, 5.74) is 1.59. The molecule has 7 nitrogen and oxygen atoms in total. The first-order valence-corrected chi connectivity index (χ1v) is 11.6. The molecule has 1 aromatic carbocycles. The van der Waals surface area contributed by atoms with Crippen molar-refractivity contribution in [2.45, 2.75) is 57.0 Å². The van der Waals surface area contributed by atoms with Gasteiger partial charge in [-0.2, -0.15) is 4.52 Å². The highest BCUT2D eigenvalue weighted by atomic mass is 35.5. The lowest BCUT2D eigenvalue weighted by Crippen LogP contribution is -2.47.